The van der Waals surface area contributed by atoms with E-state index in [-0.39, 0.29) is 24.2 Å². The van der Waals surface area contributed by atoms with Gasteiger partial charge in [-0.2, -0.15) is 0 Å². The molecule has 1 atom stereocenters. The Morgan fingerprint density at radius 1 is 1.52 bits per heavy atom. The first-order valence-corrected chi connectivity index (χ1v) is 6.90. The first-order chi connectivity index (χ1) is 10.2. The van der Waals surface area contributed by atoms with Crippen LogP contribution in [0.15, 0.2) is 24.7 Å². The van der Waals surface area contributed by atoms with Gasteiger partial charge in [-0.15, -0.1) is 10.2 Å². The van der Waals surface area contributed by atoms with Crippen LogP contribution in [0, 0.1) is 0 Å². The summed E-state index contributed by atoms with van der Waals surface area (Å²) < 4.78 is 1.92. The Balaban J connectivity index is 2.09. The Morgan fingerprint density at radius 2 is 2.33 bits per heavy atom. The fraction of sp³-hybridized carbons (Fsp3) is 0.429. The number of nitrogens with zero attached hydrogens (tertiary/aromatic N) is 4. The maximum absolute atomic E-state index is 12.2. The average molecular weight is 289 g/mol. The molecule has 0 bridgehead atoms. The van der Waals surface area contributed by atoms with Gasteiger partial charge in [-0.3, -0.25) is 9.78 Å². The zero-order valence-corrected chi connectivity index (χ0v) is 12.2. The minimum absolute atomic E-state index is 0.122. The molecule has 7 nitrogen and oxygen atoms in total. The third-order valence-corrected chi connectivity index (χ3v) is 3.08. The number of pyridine rings is 1. The Morgan fingerprint density at radius 3 is 3.05 bits per heavy atom. The average Bonchev–Trinajstić information content (AvgIpc) is 2.96. The summed E-state index contributed by atoms with van der Waals surface area (Å²) >= 11 is 0. The van der Waals surface area contributed by atoms with Crippen LogP contribution in [0.25, 0.3) is 0 Å². The summed E-state index contributed by atoms with van der Waals surface area (Å²) in [5, 5.41) is 19.9. The molecule has 112 valence electrons. The van der Waals surface area contributed by atoms with Crippen molar-refractivity contribution in [2.75, 3.05) is 0 Å². The highest BCUT2D eigenvalue weighted by atomic mass is 16.3. The van der Waals surface area contributed by atoms with E-state index in [9.17, 15) is 4.79 Å². The minimum Gasteiger partial charge on any atom is -0.392 e. The van der Waals surface area contributed by atoms with Crippen LogP contribution in [0.5, 0.6) is 0 Å². The first-order valence-electron chi connectivity index (χ1n) is 6.90. The van der Waals surface area contributed by atoms with Gasteiger partial charge in [-0.1, -0.05) is 6.92 Å². The van der Waals surface area contributed by atoms with Gasteiger partial charge in [0.1, 0.15) is 12.0 Å². The molecule has 2 N–H and O–H groups in total. The van der Waals surface area contributed by atoms with Gasteiger partial charge in [0, 0.05) is 12.7 Å². The Kier molecular flexibility index (Phi) is 4.99. The van der Waals surface area contributed by atoms with Crippen LogP contribution in [-0.2, 0) is 13.2 Å². The highest BCUT2D eigenvalue weighted by Crippen LogP contribution is 2.11. The highest BCUT2D eigenvalue weighted by Gasteiger charge is 2.17. The van der Waals surface area contributed by atoms with Gasteiger partial charge < -0.3 is 15.0 Å². The topological polar surface area (TPSA) is 92.9 Å². The first kappa shape index (κ1) is 15.1. The molecule has 0 saturated heterocycles. The molecular formula is C14H19N5O2. The van der Waals surface area contributed by atoms with Crippen LogP contribution in [0.3, 0.4) is 0 Å². The molecular weight excluding hydrogens is 270 g/mol. The molecule has 0 aliphatic carbocycles. The van der Waals surface area contributed by atoms with Crippen molar-refractivity contribution in [2.24, 2.45) is 0 Å². The van der Waals surface area contributed by atoms with Crippen molar-refractivity contribution in [3.63, 3.8) is 0 Å². The lowest BCUT2D eigenvalue weighted by atomic mass is 10.2. The molecule has 1 amide bonds. The zero-order valence-electron chi connectivity index (χ0n) is 12.2. The molecule has 0 fully saturated rings. The molecule has 0 aromatic carbocycles. The Bertz CT molecular complexity index is 611. The SMILES string of the molecule is CCCn1cnnc1[C@@H](C)NC(=O)c1cc(CO)ccn1. The lowest BCUT2D eigenvalue weighted by Crippen LogP contribution is -2.29. The van der Waals surface area contributed by atoms with E-state index in [1.807, 2.05) is 11.5 Å². The van der Waals surface area contributed by atoms with Crippen molar-refractivity contribution >= 4 is 5.91 Å². The number of hydrogen-bond donors (Lipinski definition) is 2. The molecule has 0 spiro atoms. The fourth-order valence-electron chi connectivity index (χ4n) is 2.04. The van der Waals surface area contributed by atoms with Crippen molar-refractivity contribution < 1.29 is 9.90 Å². The second kappa shape index (κ2) is 6.94. The summed E-state index contributed by atoms with van der Waals surface area (Å²) in [4.78, 5) is 16.2. The van der Waals surface area contributed by atoms with Crippen LogP contribution < -0.4 is 5.32 Å². The van der Waals surface area contributed by atoms with Gasteiger partial charge in [-0.25, -0.2) is 0 Å². The summed E-state index contributed by atoms with van der Waals surface area (Å²) in [5.74, 6) is 0.410. The van der Waals surface area contributed by atoms with Gasteiger partial charge in [0.15, 0.2) is 5.82 Å². The highest BCUT2D eigenvalue weighted by molar-refractivity contribution is 5.92. The molecule has 0 aliphatic heterocycles. The van der Waals surface area contributed by atoms with Crippen LogP contribution in [0.1, 0.15) is 48.2 Å². The van der Waals surface area contributed by atoms with Gasteiger partial charge >= 0.3 is 0 Å². The summed E-state index contributed by atoms with van der Waals surface area (Å²) in [5.41, 5.74) is 0.923. The number of aliphatic hydroxyl groups excluding tert-OH is 1. The number of aliphatic hydroxyl groups is 1. The van der Waals surface area contributed by atoms with Gasteiger partial charge in [0.2, 0.25) is 0 Å². The van der Waals surface area contributed by atoms with E-state index < -0.39 is 0 Å². The number of amides is 1. The summed E-state index contributed by atoms with van der Waals surface area (Å²) in [6, 6.07) is 2.96. The van der Waals surface area contributed by atoms with Crippen LogP contribution in [-0.4, -0.2) is 30.8 Å². The maximum atomic E-state index is 12.2. The number of rotatable bonds is 6. The monoisotopic (exact) mass is 289 g/mol. The lowest BCUT2D eigenvalue weighted by molar-refractivity contribution is 0.0932. The Hall–Kier alpha value is -2.28. The van der Waals surface area contributed by atoms with Crippen LogP contribution in [0.2, 0.25) is 0 Å². The number of hydrogen-bond acceptors (Lipinski definition) is 5. The maximum Gasteiger partial charge on any atom is 0.270 e. The predicted octanol–water partition coefficient (Wildman–Crippen LogP) is 1.07. The van der Waals surface area contributed by atoms with E-state index in [2.05, 4.69) is 27.4 Å². The lowest BCUT2D eigenvalue weighted by Gasteiger charge is -2.14. The minimum atomic E-state index is -0.302. The number of aromatic nitrogens is 4. The standard InChI is InChI=1S/C14H19N5O2/c1-3-6-19-9-16-18-13(19)10(2)17-14(21)12-7-11(8-20)4-5-15-12/h4-5,7,9-10,20H,3,6,8H2,1-2H3,(H,17,21)/t10-/m1/s1. The van der Waals surface area contributed by atoms with Gasteiger partial charge in [0.05, 0.1) is 12.6 Å². The second-order valence-corrected chi connectivity index (χ2v) is 4.79. The zero-order chi connectivity index (χ0) is 15.2. The molecule has 0 saturated carbocycles. The summed E-state index contributed by atoms with van der Waals surface area (Å²) in [7, 11) is 0. The molecule has 2 aromatic rings. The van der Waals surface area contributed by atoms with E-state index in [1.54, 1.807) is 18.5 Å². The van der Waals surface area contributed by atoms with Crippen molar-refractivity contribution in [1.29, 1.82) is 0 Å². The molecule has 21 heavy (non-hydrogen) atoms. The molecule has 2 heterocycles. The van der Waals surface area contributed by atoms with Gasteiger partial charge in [0.25, 0.3) is 5.91 Å². The van der Waals surface area contributed by atoms with Crippen LogP contribution in [0.4, 0.5) is 0 Å². The van der Waals surface area contributed by atoms with E-state index in [0.717, 1.165) is 13.0 Å². The van der Waals surface area contributed by atoms with Crippen LogP contribution >= 0.6 is 0 Å². The predicted molar refractivity (Wildman–Crippen MR) is 76.4 cm³/mol. The third-order valence-electron chi connectivity index (χ3n) is 3.08. The smallest absolute Gasteiger partial charge is 0.270 e. The second-order valence-electron chi connectivity index (χ2n) is 4.79. The molecule has 2 aromatic heterocycles. The molecule has 0 unspecified atom stereocenters. The van der Waals surface area contributed by atoms with E-state index >= 15 is 0 Å². The molecule has 0 aliphatic rings. The normalized spacial score (nSPS) is 12.1. The number of carbonyl (C=O) groups is 1. The quantitative estimate of drug-likeness (QED) is 0.829. The number of nitrogens with one attached hydrogen (secondary N) is 1. The largest absolute Gasteiger partial charge is 0.392 e. The van der Waals surface area contributed by atoms with Crippen molar-refractivity contribution in [3.8, 4) is 0 Å². The van der Waals surface area contributed by atoms with Gasteiger partial charge in [-0.05, 0) is 31.0 Å². The van der Waals surface area contributed by atoms with Crippen molar-refractivity contribution in [1.82, 2.24) is 25.1 Å². The van der Waals surface area contributed by atoms with Crippen molar-refractivity contribution in [3.05, 3.63) is 41.7 Å². The third kappa shape index (κ3) is 3.63. The molecule has 2 rings (SSSR count). The summed E-state index contributed by atoms with van der Waals surface area (Å²) in [6.45, 7) is 4.60. The molecule has 7 heteroatoms. The number of carbonyl (C=O) groups excluding carboxylic acids is 1. The fourth-order valence-corrected chi connectivity index (χ4v) is 2.04. The molecule has 0 radical (unpaired) electrons. The van der Waals surface area contributed by atoms with Crippen molar-refractivity contribution in [2.45, 2.75) is 39.5 Å². The van der Waals surface area contributed by atoms with E-state index in [4.69, 9.17) is 5.11 Å². The Labute approximate surface area is 123 Å². The van der Waals surface area contributed by atoms with E-state index in [1.165, 1.54) is 6.20 Å². The number of aryl methyl sites for hydroxylation is 1. The van der Waals surface area contributed by atoms with E-state index in [0.29, 0.717) is 11.4 Å². The summed E-state index contributed by atoms with van der Waals surface area (Å²) in [6.07, 6.45) is 4.13.